The zero-order chi connectivity index (χ0) is 13.9. The van der Waals surface area contributed by atoms with Crippen LogP contribution in [0.3, 0.4) is 0 Å². The number of aliphatic hydroxyl groups is 1. The zero-order valence-corrected chi connectivity index (χ0v) is 11.2. The van der Waals surface area contributed by atoms with Gasteiger partial charge in [-0.3, -0.25) is 0 Å². The summed E-state index contributed by atoms with van der Waals surface area (Å²) in [6.45, 7) is -0.00505. The molecule has 0 fully saturated rings. The summed E-state index contributed by atoms with van der Waals surface area (Å²) < 4.78 is 1.94. The molecule has 0 saturated heterocycles. The Kier molecular flexibility index (Phi) is 3.35. The first-order chi connectivity index (χ1) is 9.79. The molecule has 2 N–H and O–H groups in total. The van der Waals surface area contributed by atoms with Crippen molar-refractivity contribution >= 4 is 16.9 Å². The minimum atomic E-state index is -0.198. The van der Waals surface area contributed by atoms with Gasteiger partial charge < -0.3 is 15.0 Å². The number of nitrogens with zero attached hydrogens (tertiary/aromatic N) is 3. The smallest absolute Gasteiger partial charge is 0.154 e. The second-order valence-corrected chi connectivity index (χ2v) is 4.67. The van der Waals surface area contributed by atoms with Crippen LogP contribution in [0.4, 0.5) is 5.82 Å². The number of aliphatic hydroxyl groups excluding tert-OH is 1. The molecular weight excluding hydrogens is 252 g/mol. The fourth-order valence-corrected chi connectivity index (χ4v) is 2.25. The number of hydrogen-bond acceptors (Lipinski definition) is 4. The maximum atomic E-state index is 9.60. The normalized spacial score (nSPS) is 12.5. The topological polar surface area (TPSA) is 63.0 Å². The second kappa shape index (κ2) is 5.30. The van der Waals surface area contributed by atoms with E-state index in [4.69, 9.17) is 0 Å². The number of fused-ring (bicyclic) bond motifs is 1. The summed E-state index contributed by atoms with van der Waals surface area (Å²) in [5.74, 6) is 0.686. The third kappa shape index (κ3) is 2.23. The predicted molar refractivity (Wildman–Crippen MR) is 78.4 cm³/mol. The molecule has 0 aliphatic heterocycles. The minimum Gasteiger partial charge on any atom is -0.394 e. The molecule has 0 spiro atoms. The average molecular weight is 268 g/mol. The Balaban J connectivity index is 1.96. The number of nitrogens with one attached hydrogen (secondary N) is 1. The number of anilines is 1. The Bertz CT molecular complexity index is 708. The van der Waals surface area contributed by atoms with Crippen LogP contribution in [-0.4, -0.2) is 26.2 Å². The molecule has 2 heterocycles. The lowest BCUT2D eigenvalue weighted by atomic mass is 10.1. The number of aromatic nitrogens is 3. The number of rotatable bonds is 4. The Labute approximate surface area is 116 Å². The van der Waals surface area contributed by atoms with Crippen molar-refractivity contribution in [2.24, 2.45) is 7.05 Å². The quantitative estimate of drug-likeness (QED) is 0.760. The molecule has 0 radical (unpaired) electrons. The molecule has 102 valence electrons. The largest absolute Gasteiger partial charge is 0.394 e. The van der Waals surface area contributed by atoms with E-state index >= 15 is 0 Å². The van der Waals surface area contributed by atoms with E-state index in [1.54, 1.807) is 12.5 Å². The molecule has 1 unspecified atom stereocenters. The fourth-order valence-electron chi connectivity index (χ4n) is 2.25. The third-order valence-corrected chi connectivity index (χ3v) is 3.34. The molecule has 0 amide bonds. The molecule has 0 saturated carbocycles. The van der Waals surface area contributed by atoms with Crippen molar-refractivity contribution in [1.82, 2.24) is 14.5 Å². The monoisotopic (exact) mass is 268 g/mol. The summed E-state index contributed by atoms with van der Waals surface area (Å²) in [4.78, 5) is 8.69. The van der Waals surface area contributed by atoms with E-state index in [-0.39, 0.29) is 12.6 Å². The van der Waals surface area contributed by atoms with Gasteiger partial charge in [0.1, 0.15) is 5.52 Å². The molecule has 1 aromatic carbocycles. The second-order valence-electron chi connectivity index (χ2n) is 4.67. The molecule has 3 aromatic rings. The molecule has 5 heteroatoms. The number of hydrogen-bond donors (Lipinski definition) is 2. The molecule has 20 heavy (non-hydrogen) atoms. The van der Waals surface area contributed by atoms with Gasteiger partial charge in [-0.15, -0.1) is 0 Å². The van der Waals surface area contributed by atoms with Crippen LogP contribution in [0.1, 0.15) is 11.6 Å². The third-order valence-electron chi connectivity index (χ3n) is 3.34. The molecular formula is C15H16N4O. The Morgan fingerprint density at radius 2 is 2.00 bits per heavy atom. The van der Waals surface area contributed by atoms with E-state index in [2.05, 4.69) is 15.3 Å². The summed E-state index contributed by atoms with van der Waals surface area (Å²) in [7, 11) is 1.94. The Morgan fingerprint density at radius 1 is 1.20 bits per heavy atom. The number of imidazole rings is 1. The van der Waals surface area contributed by atoms with Crippen LogP contribution < -0.4 is 5.32 Å². The number of benzene rings is 1. The van der Waals surface area contributed by atoms with Gasteiger partial charge in [0.15, 0.2) is 5.82 Å². The maximum absolute atomic E-state index is 9.60. The van der Waals surface area contributed by atoms with Crippen molar-refractivity contribution in [1.29, 1.82) is 0 Å². The summed E-state index contributed by atoms with van der Waals surface area (Å²) in [6.07, 6.45) is 3.50. The lowest BCUT2D eigenvalue weighted by molar-refractivity contribution is 0.276. The van der Waals surface area contributed by atoms with Crippen LogP contribution in [0.2, 0.25) is 0 Å². The standard InChI is InChI=1S/C15H16N4O/c1-19-10-17-14-13(19)7-8-16-15(14)18-12(9-20)11-5-3-2-4-6-11/h2-8,10,12,20H,9H2,1H3,(H,16,18). The van der Waals surface area contributed by atoms with Gasteiger partial charge in [0.25, 0.3) is 0 Å². The van der Waals surface area contributed by atoms with Crippen molar-refractivity contribution in [3.8, 4) is 0 Å². The first-order valence-electron chi connectivity index (χ1n) is 6.48. The van der Waals surface area contributed by atoms with Gasteiger partial charge in [0.05, 0.1) is 24.5 Å². The van der Waals surface area contributed by atoms with Crippen LogP contribution in [0.25, 0.3) is 11.0 Å². The van der Waals surface area contributed by atoms with Crippen LogP contribution in [0.5, 0.6) is 0 Å². The van der Waals surface area contributed by atoms with Crippen LogP contribution in [0.15, 0.2) is 48.9 Å². The summed E-state index contributed by atoms with van der Waals surface area (Å²) in [6, 6.07) is 11.5. The fraction of sp³-hybridized carbons (Fsp3) is 0.200. The maximum Gasteiger partial charge on any atom is 0.154 e. The van der Waals surface area contributed by atoms with Crippen molar-refractivity contribution in [2.75, 3.05) is 11.9 Å². The van der Waals surface area contributed by atoms with Crippen LogP contribution >= 0.6 is 0 Å². The zero-order valence-electron chi connectivity index (χ0n) is 11.2. The van der Waals surface area contributed by atoms with Crippen molar-refractivity contribution in [2.45, 2.75) is 6.04 Å². The van der Waals surface area contributed by atoms with E-state index in [0.29, 0.717) is 5.82 Å². The molecule has 5 nitrogen and oxygen atoms in total. The Hall–Kier alpha value is -2.40. The first kappa shape index (κ1) is 12.6. The lowest BCUT2D eigenvalue weighted by Gasteiger charge is -2.17. The predicted octanol–water partition coefficient (Wildman–Crippen LogP) is 2.11. The van der Waals surface area contributed by atoms with E-state index in [1.807, 2.05) is 48.0 Å². The minimum absolute atomic E-state index is 0.00505. The first-order valence-corrected chi connectivity index (χ1v) is 6.48. The molecule has 0 bridgehead atoms. The van der Waals surface area contributed by atoms with E-state index in [0.717, 1.165) is 16.6 Å². The van der Waals surface area contributed by atoms with E-state index < -0.39 is 0 Å². The highest BCUT2D eigenvalue weighted by molar-refractivity contribution is 5.85. The SMILES string of the molecule is Cn1cnc2c(NC(CO)c3ccccc3)nccc21. The molecule has 3 rings (SSSR count). The highest BCUT2D eigenvalue weighted by Gasteiger charge is 2.13. The summed E-state index contributed by atoms with van der Waals surface area (Å²) >= 11 is 0. The van der Waals surface area contributed by atoms with Gasteiger partial charge in [0, 0.05) is 13.2 Å². The highest BCUT2D eigenvalue weighted by Crippen LogP contribution is 2.23. The van der Waals surface area contributed by atoms with E-state index in [9.17, 15) is 5.11 Å². The van der Waals surface area contributed by atoms with Gasteiger partial charge in [-0.2, -0.15) is 0 Å². The van der Waals surface area contributed by atoms with Gasteiger partial charge in [-0.25, -0.2) is 9.97 Å². The average Bonchev–Trinajstić information content (AvgIpc) is 2.88. The molecule has 0 aliphatic rings. The van der Waals surface area contributed by atoms with Crippen molar-refractivity contribution in [3.63, 3.8) is 0 Å². The van der Waals surface area contributed by atoms with Gasteiger partial charge in [-0.05, 0) is 11.6 Å². The Morgan fingerprint density at radius 3 is 2.75 bits per heavy atom. The van der Waals surface area contributed by atoms with Crippen molar-refractivity contribution in [3.05, 3.63) is 54.5 Å². The molecule has 2 aromatic heterocycles. The summed E-state index contributed by atoms with van der Waals surface area (Å²) in [5, 5.41) is 12.9. The van der Waals surface area contributed by atoms with Gasteiger partial charge in [0.2, 0.25) is 0 Å². The molecule has 1 atom stereocenters. The molecule has 0 aliphatic carbocycles. The van der Waals surface area contributed by atoms with Gasteiger partial charge in [-0.1, -0.05) is 30.3 Å². The highest BCUT2D eigenvalue weighted by atomic mass is 16.3. The van der Waals surface area contributed by atoms with E-state index in [1.165, 1.54) is 0 Å². The summed E-state index contributed by atoms with van der Waals surface area (Å²) in [5.41, 5.74) is 2.83. The lowest BCUT2D eigenvalue weighted by Crippen LogP contribution is -2.15. The van der Waals surface area contributed by atoms with Crippen LogP contribution in [0, 0.1) is 0 Å². The number of pyridine rings is 1. The van der Waals surface area contributed by atoms with Gasteiger partial charge >= 0.3 is 0 Å². The number of aryl methyl sites for hydroxylation is 1. The van der Waals surface area contributed by atoms with Crippen molar-refractivity contribution < 1.29 is 5.11 Å². The van der Waals surface area contributed by atoms with Crippen LogP contribution in [-0.2, 0) is 7.05 Å².